The Morgan fingerprint density at radius 2 is 2.20 bits per heavy atom. The quantitative estimate of drug-likeness (QED) is 0.862. The van der Waals surface area contributed by atoms with E-state index in [1.807, 2.05) is 0 Å². The van der Waals surface area contributed by atoms with E-state index in [-0.39, 0.29) is 17.4 Å². The molecule has 110 valence electrons. The maximum Gasteiger partial charge on any atom is 0.346 e. The molecule has 1 aromatic rings. The van der Waals surface area contributed by atoms with Crippen molar-refractivity contribution in [2.45, 2.75) is 69.9 Å². The molecule has 0 amide bonds. The number of aromatic nitrogens is 3. The zero-order valence-corrected chi connectivity index (χ0v) is 11.8. The molecule has 2 fully saturated rings. The van der Waals surface area contributed by atoms with Gasteiger partial charge in [0, 0.05) is 13.1 Å². The van der Waals surface area contributed by atoms with Crippen molar-refractivity contribution in [3.8, 4) is 0 Å². The van der Waals surface area contributed by atoms with Gasteiger partial charge in [0.25, 0.3) is 0 Å². The van der Waals surface area contributed by atoms with Gasteiger partial charge in [-0.1, -0.05) is 12.8 Å². The first-order chi connectivity index (χ1) is 9.76. The molecule has 6 heteroatoms. The normalized spacial score (nSPS) is 28.1. The fraction of sp³-hybridized carbons (Fsp3) is 0.857. The fourth-order valence-corrected chi connectivity index (χ4v) is 3.96. The predicted molar refractivity (Wildman–Crippen MR) is 73.5 cm³/mol. The summed E-state index contributed by atoms with van der Waals surface area (Å²) >= 11 is 0. The highest BCUT2D eigenvalue weighted by Gasteiger charge is 2.42. The first-order valence-corrected chi connectivity index (χ1v) is 7.81. The second-order valence-corrected chi connectivity index (χ2v) is 6.38. The van der Waals surface area contributed by atoms with Crippen molar-refractivity contribution in [2.24, 2.45) is 0 Å². The van der Waals surface area contributed by atoms with Crippen molar-refractivity contribution in [1.29, 1.82) is 0 Å². The number of nitrogens with zero attached hydrogens (tertiary/aromatic N) is 3. The average Bonchev–Trinajstić information content (AvgIpc) is 3.15. The summed E-state index contributed by atoms with van der Waals surface area (Å²) in [7, 11) is 0. The Morgan fingerprint density at radius 1 is 1.35 bits per heavy atom. The van der Waals surface area contributed by atoms with Crippen molar-refractivity contribution in [3.63, 3.8) is 0 Å². The number of hydrogen-bond donors (Lipinski definition) is 1. The van der Waals surface area contributed by atoms with Gasteiger partial charge in [0.15, 0.2) is 0 Å². The van der Waals surface area contributed by atoms with Crippen molar-refractivity contribution >= 4 is 0 Å². The third-order valence-corrected chi connectivity index (χ3v) is 5.02. The van der Waals surface area contributed by atoms with Gasteiger partial charge < -0.3 is 10.1 Å². The van der Waals surface area contributed by atoms with Crippen LogP contribution in [0.25, 0.3) is 0 Å². The van der Waals surface area contributed by atoms with Crippen LogP contribution < -0.4 is 11.0 Å². The van der Waals surface area contributed by atoms with Gasteiger partial charge in [0.2, 0.25) is 0 Å². The van der Waals surface area contributed by atoms with Gasteiger partial charge >= 0.3 is 5.69 Å². The summed E-state index contributed by atoms with van der Waals surface area (Å²) in [4.78, 5) is 12.3. The average molecular weight is 278 g/mol. The van der Waals surface area contributed by atoms with Gasteiger partial charge in [-0.05, 0) is 25.7 Å². The lowest BCUT2D eigenvalue weighted by Crippen LogP contribution is -2.35. The van der Waals surface area contributed by atoms with Crippen LogP contribution in [0.4, 0.5) is 0 Å². The van der Waals surface area contributed by atoms with Gasteiger partial charge in [0.05, 0.1) is 24.8 Å². The van der Waals surface area contributed by atoms with Gasteiger partial charge in [-0.15, -0.1) is 0 Å². The van der Waals surface area contributed by atoms with E-state index in [0.717, 1.165) is 31.8 Å². The van der Waals surface area contributed by atoms with Crippen LogP contribution in [0.5, 0.6) is 0 Å². The third-order valence-electron chi connectivity index (χ3n) is 5.02. The Bertz CT molecular complexity index is 556. The second kappa shape index (κ2) is 4.70. The summed E-state index contributed by atoms with van der Waals surface area (Å²) in [6.45, 7) is 2.88. The van der Waals surface area contributed by atoms with Crippen LogP contribution >= 0.6 is 0 Å². The zero-order chi connectivity index (χ0) is 13.6. The van der Waals surface area contributed by atoms with E-state index in [2.05, 4.69) is 10.4 Å². The van der Waals surface area contributed by atoms with Gasteiger partial charge in [-0.2, -0.15) is 5.10 Å². The molecule has 0 bridgehead atoms. The summed E-state index contributed by atoms with van der Waals surface area (Å²) < 4.78 is 9.68. The van der Waals surface area contributed by atoms with Crippen LogP contribution in [0.1, 0.15) is 44.3 Å². The minimum absolute atomic E-state index is 0.0254. The van der Waals surface area contributed by atoms with Crippen molar-refractivity contribution in [2.75, 3.05) is 6.54 Å². The molecule has 0 aromatic carbocycles. The summed E-state index contributed by atoms with van der Waals surface area (Å²) in [6, 6.07) is 0. The van der Waals surface area contributed by atoms with E-state index in [1.54, 1.807) is 9.25 Å². The van der Waals surface area contributed by atoms with E-state index in [9.17, 15) is 4.79 Å². The maximum atomic E-state index is 12.3. The lowest BCUT2D eigenvalue weighted by atomic mass is 9.98. The van der Waals surface area contributed by atoms with E-state index < -0.39 is 0 Å². The molecule has 3 aliphatic rings. The molecule has 0 radical (unpaired) electrons. The van der Waals surface area contributed by atoms with Crippen LogP contribution in [-0.4, -0.2) is 32.6 Å². The molecule has 1 aliphatic carbocycles. The lowest BCUT2D eigenvalue weighted by molar-refractivity contribution is -0.0433. The largest absolute Gasteiger partial charge is 0.370 e. The minimum Gasteiger partial charge on any atom is -0.370 e. The smallest absolute Gasteiger partial charge is 0.346 e. The summed E-state index contributed by atoms with van der Waals surface area (Å²) in [5.41, 5.74) is 0.160. The molecule has 1 atom stereocenters. The number of hydrogen-bond acceptors (Lipinski definition) is 4. The molecule has 1 unspecified atom stereocenters. The fourth-order valence-electron chi connectivity index (χ4n) is 3.96. The van der Waals surface area contributed by atoms with E-state index in [1.165, 1.54) is 25.7 Å². The van der Waals surface area contributed by atoms with Gasteiger partial charge in [-0.25, -0.2) is 9.48 Å². The van der Waals surface area contributed by atoms with E-state index in [4.69, 9.17) is 4.74 Å². The van der Waals surface area contributed by atoms with Gasteiger partial charge in [0.1, 0.15) is 5.82 Å². The molecule has 1 saturated heterocycles. The number of rotatable bonds is 2. The summed E-state index contributed by atoms with van der Waals surface area (Å²) in [6.07, 6.45) is 7.35. The van der Waals surface area contributed by atoms with Crippen LogP contribution in [0.15, 0.2) is 4.79 Å². The minimum atomic E-state index is 0.0254. The van der Waals surface area contributed by atoms with Crippen molar-refractivity contribution in [1.82, 2.24) is 19.7 Å². The SMILES string of the molecule is O=c1n(CC2CCC3(CCCC3)O2)nc2n1CCNC2. The van der Waals surface area contributed by atoms with E-state index in [0.29, 0.717) is 13.1 Å². The Balaban J connectivity index is 1.50. The summed E-state index contributed by atoms with van der Waals surface area (Å²) in [5.74, 6) is 0.856. The Labute approximate surface area is 118 Å². The first-order valence-electron chi connectivity index (χ1n) is 7.81. The Hall–Kier alpha value is -1.14. The van der Waals surface area contributed by atoms with Crippen LogP contribution in [0, 0.1) is 0 Å². The van der Waals surface area contributed by atoms with Gasteiger partial charge in [-0.3, -0.25) is 4.57 Å². The molecule has 4 rings (SSSR count). The highest BCUT2D eigenvalue weighted by atomic mass is 16.5. The van der Waals surface area contributed by atoms with Crippen molar-refractivity contribution < 1.29 is 4.74 Å². The highest BCUT2D eigenvalue weighted by molar-refractivity contribution is 4.94. The molecular weight excluding hydrogens is 256 g/mol. The topological polar surface area (TPSA) is 61.1 Å². The molecular formula is C14H22N4O2. The molecule has 20 heavy (non-hydrogen) atoms. The molecule has 1 N–H and O–H groups in total. The highest BCUT2D eigenvalue weighted by Crippen LogP contribution is 2.43. The van der Waals surface area contributed by atoms with Crippen molar-refractivity contribution in [3.05, 3.63) is 16.3 Å². The number of nitrogens with one attached hydrogen (secondary N) is 1. The maximum absolute atomic E-state index is 12.3. The standard InChI is InChI=1S/C14H22N4O2/c19-13-17-8-7-15-9-12(17)16-18(13)10-11-3-6-14(20-11)4-1-2-5-14/h11,15H,1-10H2. The molecule has 1 saturated carbocycles. The zero-order valence-electron chi connectivity index (χ0n) is 11.8. The monoisotopic (exact) mass is 278 g/mol. The van der Waals surface area contributed by atoms with E-state index >= 15 is 0 Å². The van der Waals surface area contributed by atoms with Crippen LogP contribution in [-0.2, 0) is 24.4 Å². The molecule has 1 spiro atoms. The van der Waals surface area contributed by atoms with Crippen LogP contribution in [0.2, 0.25) is 0 Å². The number of fused-ring (bicyclic) bond motifs is 1. The lowest BCUT2D eigenvalue weighted by Gasteiger charge is -2.23. The van der Waals surface area contributed by atoms with Crippen LogP contribution in [0.3, 0.4) is 0 Å². The molecule has 3 heterocycles. The molecule has 2 aliphatic heterocycles. The second-order valence-electron chi connectivity index (χ2n) is 6.38. The molecule has 1 aromatic heterocycles. The Kier molecular flexibility index (Phi) is 2.96. The third kappa shape index (κ3) is 2.02. The summed E-state index contributed by atoms with van der Waals surface area (Å²) in [5, 5.41) is 7.70. The predicted octanol–water partition coefficient (Wildman–Crippen LogP) is 0.640. The first kappa shape index (κ1) is 12.6. The Morgan fingerprint density at radius 3 is 3.00 bits per heavy atom. The number of ether oxygens (including phenoxy) is 1. The molecule has 6 nitrogen and oxygen atoms in total.